The van der Waals surface area contributed by atoms with Crippen LogP contribution in [0.5, 0.6) is 11.5 Å². The van der Waals surface area contributed by atoms with Gasteiger partial charge in [-0.25, -0.2) is 4.79 Å². The van der Waals surface area contributed by atoms with E-state index in [1.54, 1.807) is 6.07 Å². The van der Waals surface area contributed by atoms with E-state index in [0.29, 0.717) is 16.1 Å². The number of benzene rings is 1. The number of fused-ring (bicyclic) bond motifs is 1. The van der Waals surface area contributed by atoms with E-state index >= 15 is 0 Å². The predicted molar refractivity (Wildman–Crippen MR) is 109 cm³/mol. The summed E-state index contributed by atoms with van der Waals surface area (Å²) >= 11 is 1.35. The fourth-order valence-corrected chi connectivity index (χ4v) is 4.53. The molecule has 1 aliphatic carbocycles. The zero-order valence-electron chi connectivity index (χ0n) is 16.1. The normalized spacial score (nSPS) is 13.2. The maximum absolute atomic E-state index is 12.7. The SMILES string of the molecule is COC(=O)c1c(NC(=O)C(C#N)=Cc2ccc(OC)c(O)c2)sc2c1CCCC2. The van der Waals surface area contributed by atoms with E-state index in [9.17, 15) is 20.0 Å². The van der Waals surface area contributed by atoms with Crippen molar-refractivity contribution in [3.05, 3.63) is 45.3 Å². The second-order valence-electron chi connectivity index (χ2n) is 6.46. The Morgan fingerprint density at radius 2 is 2.03 bits per heavy atom. The molecule has 1 amide bonds. The van der Waals surface area contributed by atoms with E-state index in [2.05, 4.69) is 5.32 Å². The second kappa shape index (κ2) is 8.80. The number of hydrogen-bond acceptors (Lipinski definition) is 7. The summed E-state index contributed by atoms with van der Waals surface area (Å²) in [7, 11) is 2.73. The van der Waals surface area contributed by atoms with Gasteiger partial charge < -0.3 is 19.9 Å². The zero-order chi connectivity index (χ0) is 21.0. The number of phenolic OH excluding ortho intramolecular Hbond substituents is 1. The molecule has 0 aliphatic heterocycles. The number of nitrogens with zero attached hydrogens (tertiary/aromatic N) is 1. The number of esters is 1. The second-order valence-corrected chi connectivity index (χ2v) is 7.57. The monoisotopic (exact) mass is 412 g/mol. The number of methoxy groups -OCH3 is 2. The van der Waals surface area contributed by atoms with Crippen LogP contribution in [-0.4, -0.2) is 31.2 Å². The van der Waals surface area contributed by atoms with Crippen molar-refractivity contribution in [1.82, 2.24) is 0 Å². The molecule has 8 heteroatoms. The van der Waals surface area contributed by atoms with Crippen LogP contribution in [0.3, 0.4) is 0 Å². The van der Waals surface area contributed by atoms with Crippen molar-refractivity contribution in [3.8, 4) is 17.6 Å². The van der Waals surface area contributed by atoms with Gasteiger partial charge in [-0.3, -0.25) is 4.79 Å². The Morgan fingerprint density at radius 3 is 2.69 bits per heavy atom. The summed E-state index contributed by atoms with van der Waals surface area (Å²) in [6, 6.07) is 6.42. The molecule has 0 radical (unpaired) electrons. The van der Waals surface area contributed by atoms with Gasteiger partial charge in [0.05, 0.1) is 19.8 Å². The molecule has 2 N–H and O–H groups in total. The van der Waals surface area contributed by atoms with Crippen molar-refractivity contribution < 1.29 is 24.2 Å². The van der Waals surface area contributed by atoms with Gasteiger partial charge in [0.15, 0.2) is 11.5 Å². The first-order chi connectivity index (χ1) is 14.0. The first-order valence-corrected chi connectivity index (χ1v) is 9.83. The van der Waals surface area contributed by atoms with Crippen LogP contribution in [0.25, 0.3) is 6.08 Å². The molecule has 7 nitrogen and oxygen atoms in total. The number of aryl methyl sites for hydroxylation is 1. The summed E-state index contributed by atoms with van der Waals surface area (Å²) < 4.78 is 9.88. The van der Waals surface area contributed by atoms with Gasteiger partial charge in [0, 0.05) is 4.88 Å². The maximum atomic E-state index is 12.7. The average Bonchev–Trinajstić information content (AvgIpc) is 3.09. The van der Waals surface area contributed by atoms with Crippen molar-refractivity contribution in [2.75, 3.05) is 19.5 Å². The highest BCUT2D eigenvalue weighted by Crippen LogP contribution is 2.38. The topological polar surface area (TPSA) is 109 Å². The van der Waals surface area contributed by atoms with Gasteiger partial charge >= 0.3 is 5.97 Å². The number of nitriles is 1. The summed E-state index contributed by atoms with van der Waals surface area (Å²) in [5.74, 6) is -0.941. The Hall–Kier alpha value is -3.31. The molecule has 150 valence electrons. The molecule has 0 bridgehead atoms. The van der Waals surface area contributed by atoms with Crippen molar-refractivity contribution in [1.29, 1.82) is 5.26 Å². The molecule has 29 heavy (non-hydrogen) atoms. The molecule has 1 heterocycles. The molecule has 1 aromatic carbocycles. The Labute approximate surface area is 172 Å². The molecule has 1 aromatic heterocycles. The lowest BCUT2D eigenvalue weighted by Gasteiger charge is -2.11. The van der Waals surface area contributed by atoms with Crippen molar-refractivity contribution in [2.24, 2.45) is 0 Å². The van der Waals surface area contributed by atoms with Crippen molar-refractivity contribution in [3.63, 3.8) is 0 Å². The summed E-state index contributed by atoms with van der Waals surface area (Å²) in [5, 5.41) is 22.4. The van der Waals surface area contributed by atoms with Crippen molar-refractivity contribution >= 4 is 34.3 Å². The maximum Gasteiger partial charge on any atom is 0.341 e. The third-order valence-corrected chi connectivity index (χ3v) is 5.87. The minimum absolute atomic E-state index is 0.0992. The van der Waals surface area contributed by atoms with Crippen LogP contribution in [0, 0.1) is 11.3 Å². The lowest BCUT2D eigenvalue weighted by atomic mass is 9.95. The summed E-state index contributed by atoms with van der Waals surface area (Å²) in [6.07, 6.45) is 4.99. The van der Waals surface area contributed by atoms with Gasteiger partial charge in [-0.1, -0.05) is 6.07 Å². The van der Waals surface area contributed by atoms with Gasteiger partial charge in [0.1, 0.15) is 16.6 Å². The van der Waals surface area contributed by atoms with Gasteiger partial charge in [-0.15, -0.1) is 11.3 Å². The fourth-order valence-electron chi connectivity index (χ4n) is 3.25. The van der Waals surface area contributed by atoms with Crippen LogP contribution >= 0.6 is 11.3 Å². The number of carbonyl (C=O) groups is 2. The number of nitrogens with one attached hydrogen (secondary N) is 1. The Kier molecular flexibility index (Phi) is 6.20. The summed E-state index contributed by atoms with van der Waals surface area (Å²) in [6.45, 7) is 0. The molecular weight excluding hydrogens is 392 g/mol. The van der Waals surface area contributed by atoms with E-state index in [1.165, 1.54) is 43.8 Å². The number of carbonyl (C=O) groups excluding carboxylic acids is 2. The number of rotatable bonds is 5. The largest absolute Gasteiger partial charge is 0.504 e. The van der Waals surface area contributed by atoms with Gasteiger partial charge in [-0.2, -0.15) is 5.26 Å². The first-order valence-electron chi connectivity index (χ1n) is 9.01. The van der Waals surface area contributed by atoms with Crippen LogP contribution in [0.15, 0.2) is 23.8 Å². The number of ether oxygens (including phenoxy) is 2. The molecule has 3 rings (SSSR count). The molecule has 0 unspecified atom stereocenters. The molecule has 0 spiro atoms. The standard InChI is InChI=1S/C21H20N2O5S/c1-27-16-8-7-12(10-15(16)24)9-13(11-22)19(25)23-20-18(21(26)28-2)14-5-3-4-6-17(14)29-20/h7-10,24H,3-6H2,1-2H3,(H,23,25). The van der Waals surface area contributed by atoms with E-state index < -0.39 is 11.9 Å². The van der Waals surface area contributed by atoms with Gasteiger partial charge in [0.2, 0.25) is 0 Å². The van der Waals surface area contributed by atoms with E-state index in [1.807, 2.05) is 6.07 Å². The van der Waals surface area contributed by atoms with E-state index in [4.69, 9.17) is 9.47 Å². The molecule has 0 fully saturated rings. The van der Waals surface area contributed by atoms with Crippen molar-refractivity contribution in [2.45, 2.75) is 25.7 Å². The Bertz CT molecular complexity index is 1030. The molecule has 0 atom stereocenters. The van der Waals surface area contributed by atoms with Crippen LogP contribution < -0.4 is 10.1 Å². The number of anilines is 1. The number of hydrogen-bond donors (Lipinski definition) is 2. The third kappa shape index (κ3) is 4.25. The predicted octanol–water partition coefficient (Wildman–Crippen LogP) is 3.67. The smallest absolute Gasteiger partial charge is 0.341 e. The summed E-state index contributed by atoms with van der Waals surface area (Å²) in [5.41, 5.74) is 1.61. The van der Waals surface area contributed by atoms with Gasteiger partial charge in [-0.05, 0) is 55.0 Å². The third-order valence-electron chi connectivity index (χ3n) is 4.67. The minimum Gasteiger partial charge on any atom is -0.504 e. The number of phenols is 1. The lowest BCUT2D eigenvalue weighted by Crippen LogP contribution is -2.16. The molecule has 2 aromatic rings. The lowest BCUT2D eigenvalue weighted by molar-refractivity contribution is -0.112. The quantitative estimate of drug-likeness (QED) is 0.441. The Balaban J connectivity index is 1.90. The van der Waals surface area contributed by atoms with Crippen LogP contribution in [-0.2, 0) is 22.4 Å². The fraction of sp³-hybridized carbons (Fsp3) is 0.286. The van der Waals surface area contributed by atoms with E-state index in [0.717, 1.165) is 36.1 Å². The molecule has 1 aliphatic rings. The van der Waals surface area contributed by atoms with Gasteiger partial charge in [0.25, 0.3) is 5.91 Å². The number of aromatic hydroxyl groups is 1. The first kappa shape index (κ1) is 20.4. The highest BCUT2D eigenvalue weighted by molar-refractivity contribution is 7.17. The highest BCUT2D eigenvalue weighted by atomic mass is 32.1. The number of amides is 1. The van der Waals surface area contributed by atoms with Crippen LogP contribution in [0.4, 0.5) is 5.00 Å². The summed E-state index contributed by atoms with van der Waals surface area (Å²) in [4.78, 5) is 26.1. The molecular formula is C21H20N2O5S. The van der Waals surface area contributed by atoms with Crippen LogP contribution in [0.2, 0.25) is 0 Å². The van der Waals surface area contributed by atoms with E-state index in [-0.39, 0.29) is 17.1 Å². The average molecular weight is 412 g/mol. The van der Waals surface area contributed by atoms with Crippen LogP contribution in [0.1, 0.15) is 39.2 Å². The Morgan fingerprint density at radius 1 is 1.28 bits per heavy atom. The molecule has 0 saturated heterocycles. The highest BCUT2D eigenvalue weighted by Gasteiger charge is 2.27. The molecule has 0 saturated carbocycles. The number of thiophene rings is 1. The zero-order valence-corrected chi connectivity index (χ0v) is 16.9. The minimum atomic E-state index is -0.633.